The number of alkyl halides is 3. The van der Waals surface area contributed by atoms with E-state index >= 15 is 0 Å². The third kappa shape index (κ3) is 5.09. The maximum Gasteiger partial charge on any atom is 0.419 e. The third-order valence-corrected chi connectivity index (χ3v) is 4.97. The van der Waals surface area contributed by atoms with Gasteiger partial charge in [-0.15, -0.1) is 0 Å². The van der Waals surface area contributed by atoms with Gasteiger partial charge >= 0.3 is 6.18 Å². The maximum absolute atomic E-state index is 13.1. The zero-order chi connectivity index (χ0) is 20.1. The fraction of sp³-hybridized carbons (Fsp3) is 0.526. The van der Waals surface area contributed by atoms with Crippen LogP contribution in [0.3, 0.4) is 0 Å². The molecular weight excluding hydrogens is 371 g/mol. The predicted molar refractivity (Wildman–Crippen MR) is 100 cm³/mol. The van der Waals surface area contributed by atoms with Crippen LogP contribution in [0.5, 0.6) is 0 Å². The van der Waals surface area contributed by atoms with Crippen molar-refractivity contribution in [2.45, 2.75) is 44.9 Å². The van der Waals surface area contributed by atoms with Gasteiger partial charge in [0.1, 0.15) is 5.82 Å². The van der Waals surface area contributed by atoms with Gasteiger partial charge in [-0.25, -0.2) is 9.67 Å². The normalized spacial score (nSPS) is 18.2. The van der Waals surface area contributed by atoms with Crippen molar-refractivity contribution in [1.82, 2.24) is 19.7 Å². The van der Waals surface area contributed by atoms with Gasteiger partial charge in [0, 0.05) is 31.4 Å². The van der Waals surface area contributed by atoms with E-state index in [4.69, 9.17) is 0 Å². The van der Waals surface area contributed by atoms with Gasteiger partial charge in [-0.1, -0.05) is 6.42 Å². The van der Waals surface area contributed by atoms with Gasteiger partial charge in [0.15, 0.2) is 0 Å². The summed E-state index contributed by atoms with van der Waals surface area (Å²) in [5.74, 6) is -0.142. The molecule has 1 saturated heterocycles. The van der Waals surface area contributed by atoms with E-state index in [-0.39, 0.29) is 17.4 Å². The lowest BCUT2D eigenvalue weighted by atomic mass is 10.0. The molecule has 1 aliphatic rings. The molecule has 9 heteroatoms. The Balaban J connectivity index is 1.64. The molecule has 0 aromatic carbocycles. The Morgan fingerprint density at radius 1 is 1.21 bits per heavy atom. The van der Waals surface area contributed by atoms with E-state index in [0.29, 0.717) is 19.6 Å². The molecule has 152 valence electrons. The first kappa shape index (κ1) is 20.3. The number of hydrogen-bond acceptors (Lipinski definition) is 5. The number of halogens is 3. The number of nitrogens with one attached hydrogen (secondary N) is 1. The number of aromatic nitrogens is 3. The van der Waals surface area contributed by atoms with Crippen LogP contribution < -0.4 is 10.9 Å². The summed E-state index contributed by atoms with van der Waals surface area (Å²) in [5, 5.41) is 7.12. The summed E-state index contributed by atoms with van der Waals surface area (Å²) in [6.45, 7) is 4.12. The van der Waals surface area contributed by atoms with Crippen LogP contribution in [0, 0.1) is 6.92 Å². The lowest BCUT2D eigenvalue weighted by Gasteiger charge is -2.36. The topological polar surface area (TPSA) is 63.1 Å². The summed E-state index contributed by atoms with van der Waals surface area (Å²) < 4.78 is 40.9. The molecule has 0 saturated carbocycles. The molecular formula is C19H24F3N5O. The van der Waals surface area contributed by atoms with Crippen molar-refractivity contribution in [2.75, 3.05) is 25.0 Å². The highest BCUT2D eigenvalue weighted by Gasteiger charge is 2.34. The first-order chi connectivity index (χ1) is 13.3. The number of anilines is 1. The molecule has 1 N–H and O–H groups in total. The molecule has 28 heavy (non-hydrogen) atoms. The van der Waals surface area contributed by atoms with Crippen molar-refractivity contribution in [3.63, 3.8) is 0 Å². The van der Waals surface area contributed by atoms with Gasteiger partial charge in [0.2, 0.25) is 0 Å². The highest BCUT2D eigenvalue weighted by molar-refractivity contribution is 5.45. The first-order valence-electron chi connectivity index (χ1n) is 9.39. The second-order valence-electron chi connectivity index (χ2n) is 7.00. The number of nitrogens with zero attached hydrogens (tertiary/aromatic N) is 4. The summed E-state index contributed by atoms with van der Waals surface area (Å²) in [6, 6.07) is 5.57. The Morgan fingerprint density at radius 3 is 2.82 bits per heavy atom. The molecule has 0 spiro atoms. The summed E-state index contributed by atoms with van der Waals surface area (Å²) in [4.78, 5) is 18.0. The van der Waals surface area contributed by atoms with Gasteiger partial charge in [-0.05, 0) is 44.5 Å². The lowest BCUT2D eigenvalue weighted by molar-refractivity contribution is -0.137. The van der Waals surface area contributed by atoms with E-state index in [1.807, 2.05) is 6.92 Å². The fourth-order valence-corrected chi connectivity index (χ4v) is 3.51. The molecule has 2 aromatic rings. The molecule has 1 fully saturated rings. The molecule has 2 aromatic heterocycles. The van der Waals surface area contributed by atoms with E-state index in [2.05, 4.69) is 20.3 Å². The zero-order valence-electron chi connectivity index (χ0n) is 15.7. The number of pyridine rings is 1. The lowest BCUT2D eigenvalue weighted by Crippen LogP contribution is -2.45. The quantitative estimate of drug-likeness (QED) is 0.815. The van der Waals surface area contributed by atoms with Crippen LogP contribution in [0.2, 0.25) is 0 Å². The van der Waals surface area contributed by atoms with E-state index in [1.54, 1.807) is 6.07 Å². The molecule has 0 amide bonds. The van der Waals surface area contributed by atoms with Gasteiger partial charge in [0.25, 0.3) is 5.56 Å². The minimum atomic E-state index is -4.44. The number of hydrogen-bond donors (Lipinski definition) is 1. The van der Waals surface area contributed by atoms with E-state index in [9.17, 15) is 18.0 Å². The highest BCUT2D eigenvalue weighted by Crippen LogP contribution is 2.33. The summed E-state index contributed by atoms with van der Waals surface area (Å²) in [7, 11) is 0. The third-order valence-electron chi connectivity index (χ3n) is 4.97. The largest absolute Gasteiger partial charge is 0.419 e. The van der Waals surface area contributed by atoms with Crippen molar-refractivity contribution in [1.29, 1.82) is 0 Å². The summed E-state index contributed by atoms with van der Waals surface area (Å²) in [5.41, 5.74) is -0.139. The van der Waals surface area contributed by atoms with Crippen molar-refractivity contribution < 1.29 is 13.2 Å². The van der Waals surface area contributed by atoms with Gasteiger partial charge in [-0.2, -0.15) is 18.3 Å². The van der Waals surface area contributed by atoms with E-state index in [1.165, 1.54) is 23.0 Å². The molecule has 3 heterocycles. The molecule has 6 nitrogen and oxygen atoms in total. The second-order valence-corrected chi connectivity index (χ2v) is 7.00. The predicted octanol–water partition coefficient (Wildman–Crippen LogP) is 2.93. The zero-order valence-corrected chi connectivity index (χ0v) is 15.7. The van der Waals surface area contributed by atoms with Gasteiger partial charge in [0.05, 0.1) is 17.8 Å². The standard InChI is InChI=1S/C19H24F3N5O/c1-14-7-8-17(28)27(25-14)12-11-26-10-3-2-5-15(26)13-24-18-16(19(20,21)22)6-4-9-23-18/h4,6-9,15H,2-3,5,10-13H2,1H3,(H,23,24). The molecule has 1 aliphatic heterocycles. The Morgan fingerprint density at radius 2 is 2.04 bits per heavy atom. The molecule has 3 rings (SSSR count). The Kier molecular flexibility index (Phi) is 6.33. The monoisotopic (exact) mass is 395 g/mol. The number of aryl methyl sites for hydroxylation is 1. The van der Waals surface area contributed by atoms with Crippen LogP contribution in [-0.2, 0) is 12.7 Å². The second kappa shape index (κ2) is 8.72. The van der Waals surface area contributed by atoms with Crippen molar-refractivity contribution in [3.8, 4) is 0 Å². The molecule has 1 unspecified atom stereocenters. The molecule has 0 radical (unpaired) electrons. The average Bonchev–Trinajstić information content (AvgIpc) is 2.67. The number of piperidine rings is 1. The highest BCUT2D eigenvalue weighted by atomic mass is 19.4. The maximum atomic E-state index is 13.1. The summed E-state index contributed by atoms with van der Waals surface area (Å²) >= 11 is 0. The van der Waals surface area contributed by atoms with Crippen LogP contribution in [0.1, 0.15) is 30.5 Å². The van der Waals surface area contributed by atoms with Crippen LogP contribution in [0.25, 0.3) is 0 Å². The fourth-order valence-electron chi connectivity index (χ4n) is 3.51. The molecule has 0 aliphatic carbocycles. The first-order valence-corrected chi connectivity index (χ1v) is 9.39. The number of likely N-dealkylation sites (tertiary alicyclic amines) is 1. The van der Waals surface area contributed by atoms with Crippen molar-refractivity contribution in [2.24, 2.45) is 0 Å². The van der Waals surface area contributed by atoms with Crippen LogP contribution in [0.15, 0.2) is 35.3 Å². The Bertz CT molecular complexity index is 852. The molecule has 1 atom stereocenters. The SMILES string of the molecule is Cc1ccc(=O)n(CCN2CCCCC2CNc2ncccc2C(F)(F)F)n1. The van der Waals surface area contributed by atoms with Crippen LogP contribution in [0.4, 0.5) is 19.0 Å². The summed E-state index contributed by atoms with van der Waals surface area (Å²) in [6.07, 6.45) is -0.145. The van der Waals surface area contributed by atoms with Crippen LogP contribution >= 0.6 is 0 Å². The number of rotatable bonds is 6. The van der Waals surface area contributed by atoms with E-state index < -0.39 is 11.7 Å². The average molecular weight is 395 g/mol. The minimum Gasteiger partial charge on any atom is -0.368 e. The van der Waals surface area contributed by atoms with Crippen molar-refractivity contribution >= 4 is 5.82 Å². The van der Waals surface area contributed by atoms with Crippen molar-refractivity contribution in [3.05, 3.63) is 52.1 Å². The van der Waals surface area contributed by atoms with Gasteiger partial charge < -0.3 is 5.32 Å². The molecule has 0 bridgehead atoms. The van der Waals surface area contributed by atoms with Gasteiger partial charge in [-0.3, -0.25) is 9.69 Å². The Hall–Kier alpha value is -2.42. The minimum absolute atomic E-state index is 0.0809. The van der Waals surface area contributed by atoms with Crippen LogP contribution in [-0.4, -0.2) is 45.3 Å². The Labute approximate surface area is 161 Å². The van der Waals surface area contributed by atoms with E-state index in [0.717, 1.165) is 37.6 Å². The smallest absolute Gasteiger partial charge is 0.368 e.